The fourth-order valence-corrected chi connectivity index (χ4v) is 5.22. The summed E-state index contributed by atoms with van der Waals surface area (Å²) in [5.74, 6) is -1.18. The van der Waals surface area contributed by atoms with Gasteiger partial charge >= 0.3 is 12.7 Å². The van der Waals surface area contributed by atoms with E-state index in [4.69, 9.17) is 0 Å². The molecular weight excluding hydrogens is 622 g/mol. The second kappa shape index (κ2) is 13.0. The van der Waals surface area contributed by atoms with E-state index in [0.717, 1.165) is 10.9 Å². The highest BCUT2D eigenvalue weighted by molar-refractivity contribution is 6.10. The Kier molecular flexibility index (Phi) is 9.20. The Morgan fingerprint density at radius 3 is 1.66 bits per heavy atom. The van der Waals surface area contributed by atoms with Gasteiger partial charge < -0.3 is 14.8 Å². The summed E-state index contributed by atoms with van der Waals surface area (Å²) in [6, 6.07) is 23.7. The van der Waals surface area contributed by atoms with Crippen LogP contribution in [0.1, 0.15) is 58.9 Å². The van der Waals surface area contributed by atoms with Gasteiger partial charge in [0.2, 0.25) is 0 Å². The Morgan fingerprint density at radius 1 is 0.702 bits per heavy atom. The summed E-state index contributed by atoms with van der Waals surface area (Å²) < 4.78 is 84.5. The Bertz CT molecular complexity index is 1790. The summed E-state index contributed by atoms with van der Waals surface area (Å²) >= 11 is 0. The number of pyridine rings is 1. The van der Waals surface area contributed by atoms with Gasteiger partial charge in [0.1, 0.15) is 11.5 Å². The number of nitrogens with zero attached hydrogens (tertiary/aromatic N) is 1. The second-order valence-corrected chi connectivity index (χ2v) is 12.0. The number of aromatic nitrogens is 1. The van der Waals surface area contributed by atoms with Gasteiger partial charge in [0, 0.05) is 17.1 Å². The number of rotatable bonds is 8. The van der Waals surface area contributed by atoms with Crippen LogP contribution in [-0.2, 0) is 18.3 Å². The molecule has 1 aromatic heterocycles. The fourth-order valence-electron chi connectivity index (χ4n) is 5.22. The lowest BCUT2D eigenvalue weighted by Crippen LogP contribution is -2.21. The van der Waals surface area contributed by atoms with E-state index < -0.39 is 18.6 Å². The molecule has 5 nitrogen and oxygen atoms in total. The van der Waals surface area contributed by atoms with Crippen LogP contribution in [0.3, 0.4) is 0 Å². The third-order valence-corrected chi connectivity index (χ3v) is 7.38. The number of para-hydroxylation sites is 1. The maximum Gasteiger partial charge on any atom is 0.573 e. The van der Waals surface area contributed by atoms with Crippen LogP contribution < -0.4 is 14.8 Å². The minimum Gasteiger partial charge on any atom is -0.406 e. The smallest absolute Gasteiger partial charge is 0.406 e. The molecule has 0 saturated carbocycles. The van der Waals surface area contributed by atoms with Gasteiger partial charge in [-0.15, -0.1) is 26.3 Å². The molecule has 0 aliphatic rings. The summed E-state index contributed by atoms with van der Waals surface area (Å²) in [5.41, 5.74) is 4.39. The van der Waals surface area contributed by atoms with E-state index >= 15 is 0 Å². The van der Waals surface area contributed by atoms with Crippen molar-refractivity contribution in [1.29, 1.82) is 0 Å². The average Bonchev–Trinajstić information content (AvgIpc) is 2.97. The first-order valence-electron chi connectivity index (χ1n) is 14.5. The Balaban J connectivity index is 1.59. The predicted molar refractivity (Wildman–Crippen MR) is 167 cm³/mol. The van der Waals surface area contributed by atoms with E-state index in [1.54, 1.807) is 24.4 Å². The lowest BCUT2D eigenvalue weighted by molar-refractivity contribution is -0.275. The molecule has 0 atom stereocenters. The minimum absolute atomic E-state index is 0.193. The normalized spacial score (nSPS) is 12.2. The van der Waals surface area contributed by atoms with Crippen molar-refractivity contribution in [2.24, 2.45) is 0 Å². The molecule has 244 valence electrons. The van der Waals surface area contributed by atoms with Crippen LogP contribution in [0.4, 0.5) is 32.0 Å². The Hall–Kier alpha value is -5.06. The summed E-state index contributed by atoms with van der Waals surface area (Å²) in [6.45, 7) is 6.01. The molecule has 0 unspecified atom stereocenters. The van der Waals surface area contributed by atoms with Crippen molar-refractivity contribution in [3.05, 3.63) is 131 Å². The van der Waals surface area contributed by atoms with Gasteiger partial charge in [-0.25, -0.2) is 0 Å². The third kappa shape index (κ3) is 8.81. The van der Waals surface area contributed by atoms with Gasteiger partial charge in [-0.05, 0) is 82.5 Å². The van der Waals surface area contributed by atoms with Gasteiger partial charge in [-0.3, -0.25) is 9.78 Å². The molecule has 0 fully saturated rings. The number of nitrogens with one attached hydrogen (secondary N) is 1. The van der Waals surface area contributed by atoms with E-state index in [0.29, 0.717) is 39.0 Å². The molecule has 1 amide bonds. The van der Waals surface area contributed by atoms with E-state index in [1.165, 1.54) is 48.5 Å². The zero-order valence-electron chi connectivity index (χ0n) is 25.6. The maximum absolute atomic E-state index is 14.2. The SMILES string of the molecule is CC(C)(C)c1cc(Cc2ccc(OC(F)(F)F)cc2)c(C(=O)Nc2cccc3cccnc23)c(Cc2ccc(OC(F)(F)F)cc2)c1. The molecule has 4 aromatic carbocycles. The van der Waals surface area contributed by atoms with Crippen molar-refractivity contribution < 1.29 is 40.6 Å². The highest BCUT2D eigenvalue weighted by Crippen LogP contribution is 2.33. The van der Waals surface area contributed by atoms with Crippen LogP contribution in [0, 0.1) is 0 Å². The maximum atomic E-state index is 14.2. The van der Waals surface area contributed by atoms with Crippen molar-refractivity contribution in [3.63, 3.8) is 0 Å². The molecule has 1 N–H and O–H groups in total. The van der Waals surface area contributed by atoms with Gasteiger partial charge in [0.25, 0.3) is 5.91 Å². The summed E-state index contributed by atoms with van der Waals surface area (Å²) in [4.78, 5) is 18.7. The van der Waals surface area contributed by atoms with E-state index in [2.05, 4.69) is 19.8 Å². The van der Waals surface area contributed by atoms with Crippen molar-refractivity contribution in [1.82, 2.24) is 4.98 Å². The first-order valence-corrected chi connectivity index (χ1v) is 14.5. The summed E-state index contributed by atoms with van der Waals surface area (Å²) in [7, 11) is 0. The first kappa shape index (κ1) is 33.3. The van der Waals surface area contributed by atoms with Crippen LogP contribution in [-0.4, -0.2) is 23.6 Å². The topological polar surface area (TPSA) is 60.5 Å². The van der Waals surface area contributed by atoms with Crippen molar-refractivity contribution in [2.45, 2.75) is 51.8 Å². The van der Waals surface area contributed by atoms with Crippen LogP contribution in [0.25, 0.3) is 10.9 Å². The van der Waals surface area contributed by atoms with Crippen LogP contribution in [0.2, 0.25) is 0 Å². The molecule has 1 heterocycles. The number of alkyl halides is 6. The molecule has 0 saturated heterocycles. The lowest BCUT2D eigenvalue weighted by atomic mass is 9.81. The number of hydrogen-bond donors (Lipinski definition) is 1. The van der Waals surface area contributed by atoms with Gasteiger partial charge in [-0.2, -0.15) is 0 Å². The number of halogens is 6. The zero-order valence-corrected chi connectivity index (χ0v) is 25.6. The highest BCUT2D eigenvalue weighted by atomic mass is 19.4. The van der Waals surface area contributed by atoms with Crippen LogP contribution in [0.15, 0.2) is 97.2 Å². The third-order valence-electron chi connectivity index (χ3n) is 7.38. The Morgan fingerprint density at radius 2 is 1.19 bits per heavy atom. The number of fused-ring (bicyclic) bond motifs is 1. The fraction of sp³-hybridized carbons (Fsp3) is 0.222. The monoisotopic (exact) mass is 652 g/mol. The molecule has 5 rings (SSSR count). The number of hydrogen-bond acceptors (Lipinski definition) is 4. The van der Waals surface area contributed by atoms with Crippen molar-refractivity contribution in [2.75, 3.05) is 5.32 Å². The standard InChI is InChI=1S/C36H30F6N2O3/c1-34(2,3)27-20-25(18-22-9-13-28(14-10-22)46-35(37,38)39)31(33(45)44-30-8-4-6-24-7-5-17-43-32(24)30)26(21-27)19-23-11-15-29(16-12-23)47-36(40,41)42/h4-17,20-21H,18-19H2,1-3H3,(H,44,45). The number of ether oxygens (including phenoxy) is 2. The van der Waals surface area contributed by atoms with Gasteiger partial charge in [0.15, 0.2) is 0 Å². The Labute approximate surface area is 267 Å². The molecule has 0 spiro atoms. The molecule has 11 heteroatoms. The highest BCUT2D eigenvalue weighted by Gasteiger charge is 2.32. The zero-order chi connectivity index (χ0) is 34.0. The van der Waals surface area contributed by atoms with Gasteiger partial charge in [-0.1, -0.05) is 75.4 Å². The van der Waals surface area contributed by atoms with E-state index in [1.807, 2.05) is 45.0 Å². The predicted octanol–water partition coefficient (Wildman–Crippen LogP) is 9.76. The number of carbonyl (C=O) groups is 1. The minimum atomic E-state index is -4.84. The summed E-state index contributed by atoms with van der Waals surface area (Å²) in [5, 5.41) is 3.81. The molecule has 0 bridgehead atoms. The number of carbonyl (C=O) groups excluding carboxylic acids is 1. The van der Waals surface area contributed by atoms with Crippen LogP contribution >= 0.6 is 0 Å². The van der Waals surface area contributed by atoms with Crippen LogP contribution in [0.5, 0.6) is 11.5 Å². The van der Waals surface area contributed by atoms with Crippen molar-refractivity contribution >= 4 is 22.5 Å². The first-order chi connectivity index (χ1) is 22.0. The molecule has 0 aliphatic heterocycles. The van der Waals surface area contributed by atoms with E-state index in [9.17, 15) is 31.1 Å². The second-order valence-electron chi connectivity index (χ2n) is 12.0. The van der Waals surface area contributed by atoms with Crippen molar-refractivity contribution in [3.8, 4) is 11.5 Å². The molecular formula is C36H30F6N2O3. The van der Waals surface area contributed by atoms with Gasteiger partial charge in [0.05, 0.1) is 11.2 Å². The molecule has 0 radical (unpaired) electrons. The molecule has 0 aliphatic carbocycles. The number of amides is 1. The van der Waals surface area contributed by atoms with E-state index in [-0.39, 0.29) is 29.8 Å². The quantitative estimate of drug-likeness (QED) is 0.170. The number of anilines is 1. The largest absolute Gasteiger partial charge is 0.573 e. The number of benzene rings is 4. The molecule has 5 aromatic rings. The average molecular weight is 653 g/mol. The molecule has 47 heavy (non-hydrogen) atoms. The summed E-state index contributed by atoms with van der Waals surface area (Å²) in [6.07, 6.45) is -7.67. The lowest BCUT2D eigenvalue weighted by Gasteiger charge is -2.24.